The highest BCUT2D eigenvalue weighted by atomic mass is 16.5. The second-order valence-corrected chi connectivity index (χ2v) is 10.1. The van der Waals surface area contributed by atoms with Gasteiger partial charge >= 0.3 is 0 Å². The van der Waals surface area contributed by atoms with E-state index in [4.69, 9.17) is 9.47 Å². The highest BCUT2D eigenvalue weighted by Gasteiger charge is 2.42. The molecule has 0 unspecified atom stereocenters. The zero-order valence-electron chi connectivity index (χ0n) is 22.2. The molecule has 1 aliphatic rings. The molecule has 0 bridgehead atoms. The second-order valence-electron chi connectivity index (χ2n) is 10.1. The van der Waals surface area contributed by atoms with E-state index < -0.39 is 0 Å². The van der Waals surface area contributed by atoms with E-state index in [0.717, 1.165) is 17.1 Å². The smallest absolute Gasteiger partial charge is 0.126 e. The lowest BCUT2D eigenvalue weighted by atomic mass is 9.70. The fourth-order valence-corrected chi connectivity index (χ4v) is 6.03. The van der Waals surface area contributed by atoms with Gasteiger partial charge in [0.2, 0.25) is 0 Å². The van der Waals surface area contributed by atoms with Crippen molar-refractivity contribution in [3.63, 3.8) is 0 Å². The van der Waals surface area contributed by atoms with Gasteiger partial charge in [0.25, 0.3) is 0 Å². The van der Waals surface area contributed by atoms with Gasteiger partial charge in [-0.3, -0.25) is 0 Å². The molecule has 2 heteroatoms. The quantitative estimate of drug-likeness (QED) is 0.231. The summed E-state index contributed by atoms with van der Waals surface area (Å²) in [4.78, 5) is 0. The summed E-state index contributed by atoms with van der Waals surface area (Å²) >= 11 is 0. The van der Waals surface area contributed by atoms with E-state index in [1.165, 1.54) is 92.0 Å². The lowest BCUT2D eigenvalue weighted by molar-refractivity contribution is 0.400. The van der Waals surface area contributed by atoms with Crippen LogP contribution in [-0.2, 0) is 5.41 Å². The van der Waals surface area contributed by atoms with Gasteiger partial charge in [-0.25, -0.2) is 0 Å². The molecule has 0 fully saturated rings. The van der Waals surface area contributed by atoms with Crippen LogP contribution in [0.5, 0.6) is 11.5 Å². The van der Waals surface area contributed by atoms with Gasteiger partial charge in [0.05, 0.1) is 14.2 Å². The zero-order chi connectivity index (χ0) is 24.7. The Labute approximate surface area is 212 Å². The van der Waals surface area contributed by atoms with Crippen LogP contribution in [0.25, 0.3) is 22.3 Å². The number of hydrogen-bond donors (Lipinski definition) is 0. The van der Waals surface area contributed by atoms with Crippen LogP contribution in [0.2, 0.25) is 0 Å². The molecule has 0 atom stereocenters. The first-order valence-electron chi connectivity index (χ1n) is 13.6. The fraction of sp³-hybridized carbons (Fsp3) is 0.455. The molecule has 1 aliphatic carbocycles. The monoisotopic (exact) mass is 470 g/mol. The molecule has 186 valence electrons. The number of benzene rings is 3. The highest BCUT2D eigenvalue weighted by molar-refractivity contribution is 5.85. The Bertz CT molecular complexity index is 1100. The number of methoxy groups -OCH3 is 2. The van der Waals surface area contributed by atoms with Crippen molar-refractivity contribution in [3.05, 3.63) is 71.8 Å². The molecular formula is C33H42O2. The first-order valence-corrected chi connectivity index (χ1v) is 13.6. The van der Waals surface area contributed by atoms with Crippen LogP contribution in [0.15, 0.2) is 60.7 Å². The maximum absolute atomic E-state index is 5.76. The minimum atomic E-state index is 0.0928. The number of hydrogen-bond acceptors (Lipinski definition) is 2. The maximum atomic E-state index is 5.76. The summed E-state index contributed by atoms with van der Waals surface area (Å²) in [5.41, 5.74) is 8.28. The van der Waals surface area contributed by atoms with Crippen LogP contribution in [0.3, 0.4) is 0 Å². The van der Waals surface area contributed by atoms with Gasteiger partial charge in [0.15, 0.2) is 0 Å². The van der Waals surface area contributed by atoms with Crippen LogP contribution in [0.1, 0.15) is 89.2 Å². The molecule has 0 N–H and O–H groups in total. The number of fused-ring (bicyclic) bond motifs is 3. The molecule has 0 saturated heterocycles. The van der Waals surface area contributed by atoms with E-state index in [0.29, 0.717) is 0 Å². The van der Waals surface area contributed by atoms with Crippen molar-refractivity contribution in [3.8, 4) is 33.8 Å². The number of ether oxygens (including phenoxy) is 2. The summed E-state index contributed by atoms with van der Waals surface area (Å²) in [6.45, 7) is 4.60. The molecule has 3 aromatic rings. The maximum Gasteiger partial charge on any atom is 0.126 e. The summed E-state index contributed by atoms with van der Waals surface area (Å²) in [6, 6.07) is 22.3. The molecule has 3 aromatic carbocycles. The predicted octanol–water partition coefficient (Wildman–Crippen LogP) is 9.58. The van der Waals surface area contributed by atoms with Gasteiger partial charge < -0.3 is 9.47 Å². The lowest BCUT2D eigenvalue weighted by Gasteiger charge is -2.33. The fourth-order valence-electron chi connectivity index (χ4n) is 6.03. The summed E-state index contributed by atoms with van der Waals surface area (Å²) in [7, 11) is 3.48. The van der Waals surface area contributed by atoms with Crippen LogP contribution < -0.4 is 9.47 Å². The van der Waals surface area contributed by atoms with Crippen molar-refractivity contribution in [1.29, 1.82) is 0 Å². The average molecular weight is 471 g/mol. The molecule has 0 spiro atoms. The van der Waals surface area contributed by atoms with Crippen molar-refractivity contribution in [2.24, 2.45) is 0 Å². The summed E-state index contributed by atoms with van der Waals surface area (Å²) in [5, 5.41) is 0. The van der Waals surface area contributed by atoms with E-state index in [1.807, 2.05) is 12.1 Å². The largest absolute Gasteiger partial charge is 0.497 e. The topological polar surface area (TPSA) is 18.5 Å². The van der Waals surface area contributed by atoms with Crippen molar-refractivity contribution in [2.45, 2.75) is 83.5 Å². The summed E-state index contributed by atoms with van der Waals surface area (Å²) < 4.78 is 11.3. The first kappa shape index (κ1) is 25.4. The summed E-state index contributed by atoms with van der Waals surface area (Å²) in [6.07, 6.45) is 12.8. The standard InChI is InChI=1S/C33H42O2/c1-5-7-9-13-21-33(22-14-10-8-6-2)30-16-12-11-15-27(30)28-19-17-25(23-31(28)33)29-24-26(34-3)18-20-32(29)35-4/h11-12,15-20,23-24H,5-10,13-14,21-22H2,1-4H3. The molecule has 2 nitrogen and oxygen atoms in total. The third kappa shape index (κ3) is 5.13. The van der Waals surface area contributed by atoms with Crippen molar-refractivity contribution < 1.29 is 9.47 Å². The molecule has 0 heterocycles. The molecular weight excluding hydrogens is 428 g/mol. The van der Waals surface area contributed by atoms with E-state index in [2.05, 4.69) is 62.4 Å². The van der Waals surface area contributed by atoms with E-state index >= 15 is 0 Å². The van der Waals surface area contributed by atoms with Gasteiger partial charge in [0, 0.05) is 11.0 Å². The number of unbranched alkanes of at least 4 members (excludes halogenated alkanes) is 6. The third-order valence-electron chi connectivity index (χ3n) is 7.90. The lowest BCUT2D eigenvalue weighted by Crippen LogP contribution is -2.25. The molecule has 35 heavy (non-hydrogen) atoms. The van der Waals surface area contributed by atoms with Crippen LogP contribution >= 0.6 is 0 Å². The Morgan fingerprint density at radius 1 is 0.600 bits per heavy atom. The molecule has 0 saturated carbocycles. The Kier molecular flexibility index (Phi) is 8.55. The first-order chi connectivity index (χ1) is 17.2. The average Bonchev–Trinajstić information content (AvgIpc) is 3.18. The van der Waals surface area contributed by atoms with Crippen molar-refractivity contribution >= 4 is 0 Å². The van der Waals surface area contributed by atoms with Crippen LogP contribution in [0.4, 0.5) is 0 Å². The van der Waals surface area contributed by atoms with Gasteiger partial charge in [-0.05, 0) is 64.9 Å². The second kappa shape index (κ2) is 11.8. The highest BCUT2D eigenvalue weighted by Crippen LogP contribution is 2.55. The van der Waals surface area contributed by atoms with E-state index in [9.17, 15) is 0 Å². The van der Waals surface area contributed by atoms with Crippen LogP contribution in [-0.4, -0.2) is 14.2 Å². The molecule has 0 aromatic heterocycles. The molecule has 0 aliphatic heterocycles. The summed E-state index contributed by atoms with van der Waals surface area (Å²) in [5.74, 6) is 1.74. The van der Waals surface area contributed by atoms with Gasteiger partial charge in [-0.2, -0.15) is 0 Å². The van der Waals surface area contributed by atoms with Crippen molar-refractivity contribution in [1.82, 2.24) is 0 Å². The Balaban J connectivity index is 1.83. The third-order valence-corrected chi connectivity index (χ3v) is 7.90. The minimum absolute atomic E-state index is 0.0928. The minimum Gasteiger partial charge on any atom is -0.497 e. The van der Waals surface area contributed by atoms with Gasteiger partial charge in [0.1, 0.15) is 11.5 Å². The van der Waals surface area contributed by atoms with Gasteiger partial charge in [-0.15, -0.1) is 0 Å². The van der Waals surface area contributed by atoms with Crippen LogP contribution in [0, 0.1) is 0 Å². The normalized spacial score (nSPS) is 13.4. The van der Waals surface area contributed by atoms with Crippen molar-refractivity contribution in [2.75, 3.05) is 14.2 Å². The zero-order valence-corrected chi connectivity index (χ0v) is 22.2. The predicted molar refractivity (Wildman–Crippen MR) is 149 cm³/mol. The van der Waals surface area contributed by atoms with Gasteiger partial charge in [-0.1, -0.05) is 102 Å². The Hall–Kier alpha value is -2.74. The molecule has 0 radical (unpaired) electrons. The Morgan fingerprint density at radius 3 is 1.94 bits per heavy atom. The van der Waals surface area contributed by atoms with E-state index in [-0.39, 0.29) is 5.41 Å². The number of rotatable bonds is 13. The molecule has 4 rings (SSSR count). The molecule has 0 amide bonds. The SMILES string of the molecule is CCCCCCC1(CCCCCC)c2ccccc2-c2ccc(-c3cc(OC)ccc3OC)cc21. The van der Waals surface area contributed by atoms with E-state index in [1.54, 1.807) is 14.2 Å². The Morgan fingerprint density at radius 2 is 1.29 bits per heavy atom.